The van der Waals surface area contributed by atoms with Gasteiger partial charge in [0.25, 0.3) is 11.8 Å². The number of anilines is 2. The first kappa shape index (κ1) is 32.4. The topological polar surface area (TPSA) is 103 Å². The zero-order valence-corrected chi connectivity index (χ0v) is 27.4. The van der Waals surface area contributed by atoms with Gasteiger partial charge in [-0.1, -0.05) is 90.5 Å². The minimum absolute atomic E-state index is 0.0742. The molecule has 48 heavy (non-hydrogen) atoms. The number of carbonyl (C=O) groups excluding carboxylic acids is 3. The van der Waals surface area contributed by atoms with E-state index < -0.39 is 17.1 Å². The number of fused-ring (bicyclic) bond motifs is 1. The second-order valence-corrected chi connectivity index (χ2v) is 12.6. The zero-order chi connectivity index (χ0) is 33.5. The minimum Gasteiger partial charge on any atom is -0.361 e. The number of hydrogen-bond donors (Lipinski definition) is 4. The molecule has 238 valence electrons. The quantitative estimate of drug-likeness (QED) is 0.0863. The summed E-state index contributed by atoms with van der Waals surface area (Å²) < 4.78 is 0. The molecule has 0 aliphatic rings. The predicted octanol–water partition coefficient (Wildman–Crippen LogP) is 9.01. The van der Waals surface area contributed by atoms with Gasteiger partial charge in [-0.15, -0.1) is 11.8 Å². The fourth-order valence-corrected chi connectivity index (χ4v) is 6.38. The molecule has 4 N–H and O–H groups in total. The maximum absolute atomic E-state index is 13.8. The Morgan fingerprint density at radius 1 is 0.792 bits per heavy atom. The first-order valence-corrected chi connectivity index (χ1v) is 16.4. The summed E-state index contributed by atoms with van der Waals surface area (Å²) >= 11 is 7.57. The van der Waals surface area contributed by atoms with Gasteiger partial charge in [-0.05, 0) is 72.7 Å². The summed E-state index contributed by atoms with van der Waals surface area (Å²) in [6, 6.07) is 38.6. The van der Waals surface area contributed by atoms with Gasteiger partial charge in [0, 0.05) is 49.5 Å². The Morgan fingerprint density at radius 2 is 1.52 bits per heavy atom. The highest BCUT2D eigenvalue weighted by atomic mass is 35.5. The Hall–Kier alpha value is -5.57. The predicted molar refractivity (Wildman–Crippen MR) is 195 cm³/mol. The van der Waals surface area contributed by atoms with Crippen molar-refractivity contribution in [3.63, 3.8) is 0 Å². The molecule has 0 aliphatic carbocycles. The van der Waals surface area contributed by atoms with Crippen molar-refractivity contribution in [1.29, 1.82) is 0 Å². The van der Waals surface area contributed by atoms with Gasteiger partial charge in [-0.2, -0.15) is 0 Å². The maximum atomic E-state index is 13.8. The molecule has 0 fully saturated rings. The van der Waals surface area contributed by atoms with Crippen molar-refractivity contribution < 1.29 is 14.4 Å². The van der Waals surface area contributed by atoms with E-state index in [9.17, 15) is 14.4 Å². The summed E-state index contributed by atoms with van der Waals surface area (Å²) in [5.74, 6) is -1.12. The number of aromatic nitrogens is 1. The second kappa shape index (κ2) is 14.9. The molecule has 0 saturated heterocycles. The molecular weight excluding hydrogens is 640 g/mol. The van der Waals surface area contributed by atoms with Crippen molar-refractivity contribution in [3.05, 3.63) is 167 Å². The van der Waals surface area contributed by atoms with Gasteiger partial charge in [0.1, 0.15) is 10.9 Å². The maximum Gasteiger partial charge on any atom is 0.272 e. The van der Waals surface area contributed by atoms with Crippen LogP contribution in [0.5, 0.6) is 0 Å². The summed E-state index contributed by atoms with van der Waals surface area (Å²) in [4.78, 5) is 44.6. The van der Waals surface area contributed by atoms with Crippen molar-refractivity contribution in [3.8, 4) is 0 Å². The van der Waals surface area contributed by atoms with E-state index in [1.807, 2.05) is 85.8 Å². The number of carbonyl (C=O) groups is 3. The Morgan fingerprint density at radius 3 is 2.31 bits per heavy atom. The Labute approximate surface area is 287 Å². The number of rotatable bonds is 10. The van der Waals surface area contributed by atoms with E-state index >= 15 is 0 Å². The number of H-pyrrole nitrogens is 1. The monoisotopic (exact) mass is 670 g/mol. The lowest BCUT2D eigenvalue weighted by molar-refractivity contribution is -0.116. The molecule has 0 radical (unpaired) electrons. The molecule has 1 unspecified atom stereocenters. The van der Waals surface area contributed by atoms with Gasteiger partial charge < -0.3 is 20.9 Å². The standard InChI is InChI=1S/C39H31ClN4O3S/c1-25-19-20-29(40)22-34(25)43-39(47)36(26-11-4-2-5-12-26)48-31-16-10-15-30(23-31)42-38(46)35(44-37(45)27-13-6-3-7-14-27)21-28-24-41-33-18-9-8-17-32(28)33/h2-24,36,41H,1H3,(H,42,46)(H,43,47)(H,44,45)/b35-21-. The van der Waals surface area contributed by atoms with Crippen molar-refractivity contribution >= 4 is 69.4 Å². The number of hydrogen-bond acceptors (Lipinski definition) is 4. The van der Waals surface area contributed by atoms with Crippen LogP contribution in [0.15, 0.2) is 144 Å². The highest BCUT2D eigenvalue weighted by Gasteiger charge is 2.23. The van der Waals surface area contributed by atoms with Crippen LogP contribution in [0.1, 0.15) is 32.3 Å². The van der Waals surface area contributed by atoms with Crippen molar-refractivity contribution in [2.45, 2.75) is 17.1 Å². The third kappa shape index (κ3) is 7.86. The number of nitrogens with one attached hydrogen (secondary N) is 4. The summed E-state index contributed by atoms with van der Waals surface area (Å²) in [5, 5.41) is 9.61. The number of thioether (sulfide) groups is 1. The normalized spacial score (nSPS) is 11.9. The van der Waals surface area contributed by atoms with Crippen molar-refractivity contribution in [2.24, 2.45) is 0 Å². The molecule has 0 aliphatic heterocycles. The molecule has 0 saturated carbocycles. The molecule has 0 spiro atoms. The highest BCUT2D eigenvalue weighted by molar-refractivity contribution is 8.00. The number of aromatic amines is 1. The summed E-state index contributed by atoms with van der Waals surface area (Å²) in [5.41, 5.74) is 5.01. The van der Waals surface area contributed by atoms with E-state index in [2.05, 4.69) is 20.9 Å². The smallest absolute Gasteiger partial charge is 0.272 e. The van der Waals surface area contributed by atoms with Crippen LogP contribution in [0, 0.1) is 6.92 Å². The van der Waals surface area contributed by atoms with Gasteiger partial charge in [-0.25, -0.2) is 0 Å². The molecule has 3 amide bonds. The van der Waals surface area contributed by atoms with Crippen molar-refractivity contribution in [2.75, 3.05) is 10.6 Å². The molecule has 1 heterocycles. The third-order valence-corrected chi connectivity index (χ3v) is 9.08. The van der Waals surface area contributed by atoms with Crippen LogP contribution in [-0.2, 0) is 9.59 Å². The molecule has 7 nitrogen and oxygen atoms in total. The number of halogens is 1. The summed E-state index contributed by atoms with van der Waals surface area (Å²) in [6.45, 7) is 1.91. The molecule has 9 heteroatoms. The Bertz CT molecular complexity index is 2130. The molecular formula is C39H31ClN4O3S. The molecule has 5 aromatic carbocycles. The molecule has 6 rings (SSSR count). The van der Waals surface area contributed by atoms with E-state index in [0.29, 0.717) is 22.0 Å². The number of benzene rings is 5. The van der Waals surface area contributed by atoms with Gasteiger partial charge in [-0.3, -0.25) is 14.4 Å². The lowest BCUT2D eigenvalue weighted by atomic mass is 10.1. The highest BCUT2D eigenvalue weighted by Crippen LogP contribution is 2.37. The van der Waals surface area contributed by atoms with E-state index in [-0.39, 0.29) is 11.6 Å². The first-order valence-electron chi connectivity index (χ1n) is 15.2. The van der Waals surface area contributed by atoms with Crippen LogP contribution in [0.25, 0.3) is 17.0 Å². The lowest BCUT2D eigenvalue weighted by Crippen LogP contribution is -2.30. The molecule has 1 atom stereocenters. The third-order valence-electron chi connectivity index (χ3n) is 7.59. The summed E-state index contributed by atoms with van der Waals surface area (Å²) in [6.07, 6.45) is 3.45. The van der Waals surface area contributed by atoms with Crippen LogP contribution in [0.3, 0.4) is 0 Å². The van der Waals surface area contributed by atoms with Crippen LogP contribution >= 0.6 is 23.4 Å². The van der Waals surface area contributed by atoms with Gasteiger partial charge in [0.2, 0.25) is 5.91 Å². The minimum atomic E-state index is -0.599. The first-order chi connectivity index (χ1) is 23.3. The lowest BCUT2D eigenvalue weighted by Gasteiger charge is -2.19. The SMILES string of the molecule is Cc1ccc(Cl)cc1NC(=O)C(Sc1cccc(NC(=O)/C(=C/c2c[nH]c3ccccc23)NC(=O)c2ccccc2)c1)c1ccccc1. The fraction of sp³-hybridized carbons (Fsp3) is 0.0513. The van der Waals surface area contributed by atoms with Crippen LogP contribution in [-0.4, -0.2) is 22.7 Å². The van der Waals surface area contributed by atoms with E-state index in [1.54, 1.807) is 60.8 Å². The molecule has 6 aromatic rings. The fourth-order valence-electron chi connectivity index (χ4n) is 5.12. The van der Waals surface area contributed by atoms with Gasteiger partial charge in [0.05, 0.1) is 0 Å². The Kier molecular flexibility index (Phi) is 10.0. The van der Waals surface area contributed by atoms with Gasteiger partial charge >= 0.3 is 0 Å². The largest absolute Gasteiger partial charge is 0.361 e. The average Bonchev–Trinajstić information content (AvgIpc) is 3.52. The van der Waals surface area contributed by atoms with E-state index in [4.69, 9.17) is 11.6 Å². The van der Waals surface area contributed by atoms with Crippen LogP contribution in [0.4, 0.5) is 11.4 Å². The molecule has 0 bridgehead atoms. The van der Waals surface area contributed by atoms with E-state index in [1.165, 1.54) is 11.8 Å². The summed E-state index contributed by atoms with van der Waals surface area (Å²) in [7, 11) is 0. The van der Waals surface area contributed by atoms with Crippen LogP contribution in [0.2, 0.25) is 5.02 Å². The average molecular weight is 671 g/mol. The Balaban J connectivity index is 1.26. The number of amides is 3. The number of aryl methyl sites for hydroxylation is 1. The molecule has 1 aromatic heterocycles. The van der Waals surface area contributed by atoms with Crippen LogP contribution < -0.4 is 16.0 Å². The van der Waals surface area contributed by atoms with Gasteiger partial charge in [0.15, 0.2) is 0 Å². The van der Waals surface area contributed by atoms with E-state index in [0.717, 1.165) is 32.5 Å². The van der Waals surface area contributed by atoms with Crippen molar-refractivity contribution in [1.82, 2.24) is 10.3 Å². The second-order valence-electron chi connectivity index (χ2n) is 11.0. The zero-order valence-electron chi connectivity index (χ0n) is 25.9. The number of para-hydroxylation sites is 1.